The third-order valence-corrected chi connectivity index (χ3v) is 5.86. The molecule has 0 aliphatic carbocycles. The fourth-order valence-electron chi connectivity index (χ4n) is 4.16. The lowest BCUT2D eigenvalue weighted by Gasteiger charge is -2.20. The Morgan fingerprint density at radius 1 is 0.875 bits per heavy atom. The second-order valence-electron chi connectivity index (χ2n) is 7.76. The van der Waals surface area contributed by atoms with Crippen molar-refractivity contribution in [3.05, 3.63) is 72.8 Å². The van der Waals surface area contributed by atoms with Gasteiger partial charge in [-0.1, -0.05) is 54.6 Å². The van der Waals surface area contributed by atoms with Crippen LogP contribution >= 0.6 is 12.2 Å². The normalized spacial score (nSPS) is 24.0. The zero-order valence-corrected chi connectivity index (χ0v) is 18.0. The first-order chi connectivity index (χ1) is 15.7. The van der Waals surface area contributed by atoms with Crippen molar-refractivity contribution >= 4 is 45.6 Å². The smallest absolute Gasteiger partial charge is 0.412 e. The summed E-state index contributed by atoms with van der Waals surface area (Å²) in [6.07, 6.45) is -1.60. The van der Waals surface area contributed by atoms with Gasteiger partial charge in [0.15, 0.2) is 11.2 Å². The number of nitrogens with one attached hydrogen (secondary N) is 3. The number of carbonyl (C=O) groups is 1. The molecule has 1 amide bonds. The van der Waals surface area contributed by atoms with Crippen LogP contribution in [0.2, 0.25) is 0 Å². The number of thiocarbonyl (C=S) groups is 1. The maximum Gasteiger partial charge on any atom is 0.412 e. The molecule has 2 fully saturated rings. The molecular formula is C24H23N3O4S. The van der Waals surface area contributed by atoms with E-state index in [4.69, 9.17) is 26.4 Å². The van der Waals surface area contributed by atoms with Gasteiger partial charge in [-0.2, -0.15) is 0 Å². The van der Waals surface area contributed by atoms with Crippen molar-refractivity contribution < 1.29 is 19.0 Å². The van der Waals surface area contributed by atoms with Crippen LogP contribution in [0.1, 0.15) is 0 Å². The Kier molecular flexibility index (Phi) is 5.89. The summed E-state index contributed by atoms with van der Waals surface area (Å²) in [7, 11) is 0. The summed E-state index contributed by atoms with van der Waals surface area (Å²) in [5, 5.41) is 12.0. The Hall–Kier alpha value is -3.20. The first kappa shape index (κ1) is 20.7. The van der Waals surface area contributed by atoms with Gasteiger partial charge < -0.3 is 24.8 Å². The Bertz CT molecular complexity index is 1120. The highest BCUT2D eigenvalue weighted by Crippen LogP contribution is 2.29. The molecule has 3 N–H and O–H groups in total. The molecule has 2 aliphatic heterocycles. The minimum atomic E-state index is -0.529. The number of amides is 1. The molecule has 3 aromatic carbocycles. The molecule has 0 radical (unpaired) electrons. The van der Waals surface area contributed by atoms with Crippen LogP contribution in [0.4, 0.5) is 16.2 Å². The van der Waals surface area contributed by atoms with Crippen molar-refractivity contribution in [1.29, 1.82) is 0 Å². The summed E-state index contributed by atoms with van der Waals surface area (Å²) in [4.78, 5) is 12.2. The molecule has 7 nitrogen and oxygen atoms in total. The van der Waals surface area contributed by atoms with E-state index in [1.807, 2.05) is 42.5 Å². The molecule has 164 valence electrons. The van der Waals surface area contributed by atoms with E-state index >= 15 is 0 Å². The molecule has 8 heteroatoms. The largest absolute Gasteiger partial charge is 0.441 e. The van der Waals surface area contributed by atoms with E-state index in [9.17, 15) is 4.79 Å². The number of anilines is 2. The maximum absolute atomic E-state index is 12.2. The van der Waals surface area contributed by atoms with Crippen molar-refractivity contribution in [3.63, 3.8) is 0 Å². The van der Waals surface area contributed by atoms with Crippen LogP contribution < -0.4 is 16.0 Å². The quantitative estimate of drug-likeness (QED) is 0.521. The zero-order chi connectivity index (χ0) is 21.9. The van der Waals surface area contributed by atoms with Crippen molar-refractivity contribution in [2.75, 3.05) is 23.8 Å². The monoisotopic (exact) mass is 449 g/mol. The van der Waals surface area contributed by atoms with E-state index in [-0.39, 0.29) is 24.9 Å². The summed E-state index contributed by atoms with van der Waals surface area (Å²) in [5.41, 5.74) is 1.60. The molecular weight excluding hydrogens is 426 g/mol. The van der Waals surface area contributed by atoms with Crippen LogP contribution in [0.3, 0.4) is 0 Å². The van der Waals surface area contributed by atoms with E-state index < -0.39 is 12.2 Å². The molecule has 0 saturated carbocycles. The van der Waals surface area contributed by atoms with Crippen LogP contribution in [0.5, 0.6) is 0 Å². The predicted molar refractivity (Wildman–Crippen MR) is 127 cm³/mol. The van der Waals surface area contributed by atoms with Gasteiger partial charge in [0.05, 0.1) is 19.3 Å². The van der Waals surface area contributed by atoms with Gasteiger partial charge >= 0.3 is 6.09 Å². The van der Waals surface area contributed by atoms with Crippen LogP contribution in [-0.4, -0.2) is 48.8 Å². The molecule has 0 unspecified atom stereocenters. The minimum absolute atomic E-state index is 0.138. The van der Waals surface area contributed by atoms with Gasteiger partial charge in [0.25, 0.3) is 0 Å². The summed E-state index contributed by atoms with van der Waals surface area (Å²) < 4.78 is 17.3. The molecule has 0 bridgehead atoms. The van der Waals surface area contributed by atoms with E-state index in [1.54, 1.807) is 12.1 Å². The number of benzene rings is 3. The minimum Gasteiger partial charge on any atom is -0.441 e. The average Bonchev–Trinajstić information content (AvgIpc) is 3.38. The number of hydrogen-bond donors (Lipinski definition) is 3. The lowest BCUT2D eigenvalue weighted by molar-refractivity contribution is 0.00880. The van der Waals surface area contributed by atoms with E-state index in [0.717, 1.165) is 16.5 Å². The number of carbonyl (C=O) groups excluding carboxylic acids is 1. The van der Waals surface area contributed by atoms with E-state index in [2.05, 4.69) is 34.1 Å². The van der Waals surface area contributed by atoms with Gasteiger partial charge in [0, 0.05) is 16.8 Å². The van der Waals surface area contributed by atoms with Gasteiger partial charge in [-0.3, -0.25) is 5.32 Å². The standard InChI is InChI=1S/C24H23N3O4S/c28-24(25-16-9-2-1-3-10-16)31-20-14-30-21-19(13-29-22(20)21)27-23(32)26-18-12-6-8-15-7-4-5-11-17(15)18/h1-12,19-22H,13-14H2,(H,25,28)(H2,26,27,32)/t19-,20-,21-,22+/m0/s1. The summed E-state index contributed by atoms with van der Waals surface area (Å²) in [6.45, 7) is 0.687. The average molecular weight is 450 g/mol. The zero-order valence-electron chi connectivity index (χ0n) is 17.2. The second-order valence-corrected chi connectivity index (χ2v) is 8.17. The molecule has 2 saturated heterocycles. The molecule has 4 atom stereocenters. The van der Waals surface area contributed by atoms with Crippen molar-refractivity contribution in [1.82, 2.24) is 5.32 Å². The molecule has 5 rings (SSSR count). The lowest BCUT2D eigenvalue weighted by atomic mass is 10.1. The van der Waals surface area contributed by atoms with Crippen molar-refractivity contribution in [2.45, 2.75) is 24.4 Å². The fourth-order valence-corrected chi connectivity index (χ4v) is 4.42. The Morgan fingerprint density at radius 3 is 2.50 bits per heavy atom. The highest BCUT2D eigenvalue weighted by molar-refractivity contribution is 7.80. The maximum atomic E-state index is 12.2. The highest BCUT2D eigenvalue weighted by atomic mass is 32.1. The van der Waals surface area contributed by atoms with E-state index in [0.29, 0.717) is 17.4 Å². The Balaban J connectivity index is 1.17. The first-order valence-electron chi connectivity index (χ1n) is 10.5. The topological polar surface area (TPSA) is 80.9 Å². The summed E-state index contributed by atoms with van der Waals surface area (Å²) in [5.74, 6) is 0. The molecule has 3 aromatic rings. The molecule has 32 heavy (non-hydrogen) atoms. The highest BCUT2D eigenvalue weighted by Gasteiger charge is 2.49. The van der Waals surface area contributed by atoms with Crippen LogP contribution in [0.15, 0.2) is 72.8 Å². The number of ether oxygens (including phenoxy) is 3. The Labute approximate surface area is 191 Å². The number of hydrogen-bond acceptors (Lipinski definition) is 5. The number of rotatable bonds is 4. The van der Waals surface area contributed by atoms with Gasteiger partial charge in [-0.05, 0) is 35.8 Å². The Morgan fingerprint density at radius 2 is 1.62 bits per heavy atom. The molecule has 0 aromatic heterocycles. The summed E-state index contributed by atoms with van der Waals surface area (Å²) >= 11 is 5.54. The van der Waals surface area contributed by atoms with Gasteiger partial charge in [0.2, 0.25) is 0 Å². The third kappa shape index (κ3) is 4.38. The molecule has 2 aliphatic rings. The van der Waals surface area contributed by atoms with Gasteiger partial charge in [-0.25, -0.2) is 4.79 Å². The predicted octanol–water partition coefficient (Wildman–Crippen LogP) is 3.91. The first-order valence-corrected chi connectivity index (χ1v) is 10.9. The van der Waals surface area contributed by atoms with Gasteiger partial charge in [-0.15, -0.1) is 0 Å². The summed E-state index contributed by atoms with van der Waals surface area (Å²) in [6, 6.07) is 23.2. The SMILES string of the molecule is O=C(Nc1ccccc1)O[C@H]1CO[C@@H]2[C@@H]1OC[C@@H]2NC(=S)Nc1cccc2ccccc12. The van der Waals surface area contributed by atoms with Crippen molar-refractivity contribution in [3.8, 4) is 0 Å². The molecule has 2 heterocycles. The van der Waals surface area contributed by atoms with Crippen LogP contribution in [0.25, 0.3) is 10.8 Å². The number of fused-ring (bicyclic) bond motifs is 2. The van der Waals surface area contributed by atoms with E-state index in [1.165, 1.54) is 0 Å². The van der Waals surface area contributed by atoms with Crippen molar-refractivity contribution in [2.24, 2.45) is 0 Å². The number of para-hydroxylation sites is 1. The second kappa shape index (κ2) is 9.12. The van der Waals surface area contributed by atoms with Crippen LogP contribution in [0, 0.1) is 0 Å². The fraction of sp³-hybridized carbons (Fsp3) is 0.250. The van der Waals surface area contributed by atoms with Gasteiger partial charge in [0.1, 0.15) is 12.2 Å². The van der Waals surface area contributed by atoms with Crippen LogP contribution in [-0.2, 0) is 14.2 Å². The lowest BCUT2D eigenvalue weighted by Crippen LogP contribution is -2.46. The third-order valence-electron chi connectivity index (χ3n) is 5.64. The molecule has 0 spiro atoms.